The smallest absolute Gasteiger partial charge is 0.318 e. The first-order valence-corrected chi connectivity index (χ1v) is 6.69. The molecule has 1 N–H and O–H groups in total. The number of hydrogen-bond acceptors (Lipinski definition) is 4. The number of hydrogen-bond donors (Lipinski definition) is 1. The molecule has 0 radical (unpaired) electrons. The summed E-state index contributed by atoms with van der Waals surface area (Å²) in [6.07, 6.45) is 0. The Hall–Kier alpha value is -1.98. The van der Waals surface area contributed by atoms with E-state index in [4.69, 9.17) is 10.4 Å². The molecule has 0 heterocycles. The summed E-state index contributed by atoms with van der Waals surface area (Å²) >= 11 is 0. The second kappa shape index (κ2) is 5.77. The zero-order chi connectivity index (χ0) is 14.6. The lowest BCUT2D eigenvalue weighted by molar-refractivity contribution is -0.137. The van der Waals surface area contributed by atoms with Gasteiger partial charge < -0.3 is 5.11 Å². The van der Waals surface area contributed by atoms with Gasteiger partial charge in [0.15, 0.2) is 0 Å². The summed E-state index contributed by atoms with van der Waals surface area (Å²) in [5, 5.41) is 17.5. The van der Waals surface area contributed by atoms with E-state index in [2.05, 4.69) is 0 Å². The van der Waals surface area contributed by atoms with Gasteiger partial charge in [0.25, 0.3) is 0 Å². The fourth-order valence-corrected chi connectivity index (χ4v) is 3.03. The SMILES string of the molecule is CCN(CC(=O)O)S(=O)(=O)c1cccc(F)c1C#N. The van der Waals surface area contributed by atoms with Gasteiger partial charge in [-0.15, -0.1) is 0 Å². The number of sulfonamides is 1. The van der Waals surface area contributed by atoms with E-state index in [1.54, 1.807) is 0 Å². The average Bonchev–Trinajstić information content (AvgIpc) is 2.35. The fourth-order valence-electron chi connectivity index (χ4n) is 1.48. The van der Waals surface area contributed by atoms with Crippen LogP contribution in [-0.2, 0) is 14.8 Å². The molecule has 0 aliphatic heterocycles. The number of carboxylic acids is 1. The van der Waals surface area contributed by atoms with Gasteiger partial charge in [-0.2, -0.15) is 9.57 Å². The van der Waals surface area contributed by atoms with Gasteiger partial charge in [0.1, 0.15) is 28.9 Å². The van der Waals surface area contributed by atoms with E-state index in [0.29, 0.717) is 4.31 Å². The molecule has 0 aliphatic rings. The van der Waals surface area contributed by atoms with Crippen LogP contribution < -0.4 is 0 Å². The first kappa shape index (κ1) is 15.1. The zero-order valence-electron chi connectivity index (χ0n) is 10.00. The Bertz CT molecular complexity index is 637. The monoisotopic (exact) mass is 286 g/mol. The highest BCUT2D eigenvalue weighted by molar-refractivity contribution is 7.89. The van der Waals surface area contributed by atoms with Crippen molar-refractivity contribution < 1.29 is 22.7 Å². The molecule has 0 aliphatic carbocycles. The Kier molecular flexibility index (Phi) is 4.58. The van der Waals surface area contributed by atoms with Crippen LogP contribution in [0.5, 0.6) is 0 Å². The van der Waals surface area contributed by atoms with E-state index < -0.39 is 38.8 Å². The van der Waals surface area contributed by atoms with Crippen LogP contribution in [0.1, 0.15) is 12.5 Å². The third-order valence-electron chi connectivity index (χ3n) is 2.37. The third kappa shape index (κ3) is 3.07. The molecule has 8 heteroatoms. The normalized spacial score (nSPS) is 11.3. The second-order valence-electron chi connectivity index (χ2n) is 3.55. The quantitative estimate of drug-likeness (QED) is 0.863. The molecule has 1 aromatic carbocycles. The third-order valence-corrected chi connectivity index (χ3v) is 4.33. The van der Waals surface area contributed by atoms with Gasteiger partial charge in [0.05, 0.1) is 0 Å². The summed E-state index contributed by atoms with van der Waals surface area (Å²) in [5.41, 5.74) is -0.619. The Labute approximate surface area is 109 Å². The number of nitrogens with zero attached hydrogens (tertiary/aromatic N) is 2. The zero-order valence-corrected chi connectivity index (χ0v) is 10.8. The van der Waals surface area contributed by atoms with Crippen molar-refractivity contribution in [2.24, 2.45) is 0 Å². The number of likely N-dealkylation sites (N-methyl/N-ethyl adjacent to an activating group) is 1. The molecule has 19 heavy (non-hydrogen) atoms. The molecular formula is C11H11FN2O4S. The summed E-state index contributed by atoms with van der Waals surface area (Å²) in [5.74, 6) is -2.30. The highest BCUT2D eigenvalue weighted by Gasteiger charge is 2.28. The van der Waals surface area contributed by atoms with Gasteiger partial charge in [-0.3, -0.25) is 4.79 Å². The van der Waals surface area contributed by atoms with Crippen LogP contribution in [0.3, 0.4) is 0 Å². The van der Waals surface area contributed by atoms with Crippen LogP contribution in [-0.4, -0.2) is 36.9 Å². The molecule has 0 spiro atoms. The number of carboxylic acid groups (broad SMARTS) is 1. The highest BCUT2D eigenvalue weighted by Crippen LogP contribution is 2.21. The molecule has 1 rings (SSSR count). The first-order valence-electron chi connectivity index (χ1n) is 5.25. The molecule has 0 bridgehead atoms. The topological polar surface area (TPSA) is 98.5 Å². The van der Waals surface area contributed by atoms with Crippen molar-refractivity contribution in [2.45, 2.75) is 11.8 Å². The number of aliphatic carboxylic acids is 1. The van der Waals surface area contributed by atoms with Crippen LogP contribution in [0, 0.1) is 17.1 Å². The minimum atomic E-state index is -4.22. The predicted molar refractivity (Wildman–Crippen MR) is 63.2 cm³/mol. The molecule has 0 atom stereocenters. The second-order valence-corrected chi connectivity index (χ2v) is 5.46. The molecule has 0 amide bonds. The van der Waals surface area contributed by atoms with Crippen molar-refractivity contribution in [1.82, 2.24) is 4.31 Å². The maximum atomic E-state index is 13.4. The van der Waals surface area contributed by atoms with Gasteiger partial charge in [0, 0.05) is 6.54 Å². The number of benzene rings is 1. The molecule has 0 unspecified atom stereocenters. The average molecular weight is 286 g/mol. The van der Waals surface area contributed by atoms with Crippen LogP contribution in [0.4, 0.5) is 4.39 Å². The lowest BCUT2D eigenvalue weighted by atomic mass is 10.2. The van der Waals surface area contributed by atoms with Gasteiger partial charge in [-0.1, -0.05) is 13.0 Å². The van der Waals surface area contributed by atoms with Gasteiger partial charge in [-0.25, -0.2) is 12.8 Å². The van der Waals surface area contributed by atoms with E-state index in [1.807, 2.05) is 0 Å². The number of halogens is 1. The minimum absolute atomic E-state index is 0.101. The largest absolute Gasteiger partial charge is 0.480 e. The van der Waals surface area contributed by atoms with Crippen LogP contribution in [0.2, 0.25) is 0 Å². The predicted octanol–water partition coefficient (Wildman–Crippen LogP) is 0.793. The van der Waals surface area contributed by atoms with Crippen molar-refractivity contribution in [3.63, 3.8) is 0 Å². The Balaban J connectivity index is 3.39. The Morgan fingerprint density at radius 3 is 2.63 bits per heavy atom. The fraction of sp³-hybridized carbons (Fsp3) is 0.273. The minimum Gasteiger partial charge on any atom is -0.480 e. The van der Waals surface area contributed by atoms with Crippen molar-refractivity contribution in [3.8, 4) is 6.07 Å². The summed E-state index contributed by atoms with van der Waals surface area (Å²) in [6.45, 7) is 0.599. The highest BCUT2D eigenvalue weighted by atomic mass is 32.2. The molecule has 0 saturated heterocycles. The summed E-state index contributed by atoms with van der Waals surface area (Å²) in [7, 11) is -4.22. The molecule has 1 aromatic rings. The number of carbonyl (C=O) groups is 1. The van der Waals surface area contributed by atoms with E-state index >= 15 is 0 Å². The van der Waals surface area contributed by atoms with E-state index in [1.165, 1.54) is 13.0 Å². The van der Waals surface area contributed by atoms with Crippen molar-refractivity contribution in [3.05, 3.63) is 29.6 Å². The standard InChI is InChI=1S/C11H11FN2O4S/c1-2-14(7-11(15)16)19(17,18)10-5-3-4-9(12)8(10)6-13/h3-5H,2,7H2,1H3,(H,15,16). The Morgan fingerprint density at radius 1 is 1.53 bits per heavy atom. The maximum Gasteiger partial charge on any atom is 0.318 e. The van der Waals surface area contributed by atoms with Crippen molar-refractivity contribution in [1.29, 1.82) is 5.26 Å². The lowest BCUT2D eigenvalue weighted by Crippen LogP contribution is -2.35. The molecule has 102 valence electrons. The van der Waals surface area contributed by atoms with Crippen molar-refractivity contribution >= 4 is 16.0 Å². The summed E-state index contributed by atoms with van der Waals surface area (Å²) in [4.78, 5) is 10.1. The molecule has 0 aromatic heterocycles. The lowest BCUT2D eigenvalue weighted by Gasteiger charge is -2.19. The number of rotatable bonds is 5. The summed E-state index contributed by atoms with van der Waals surface area (Å²) < 4.78 is 38.4. The number of nitriles is 1. The first-order chi connectivity index (χ1) is 8.84. The molecule has 0 fully saturated rings. The molecule has 6 nitrogen and oxygen atoms in total. The molecule has 0 saturated carbocycles. The van der Waals surface area contributed by atoms with Gasteiger partial charge in [0.2, 0.25) is 10.0 Å². The molecular weight excluding hydrogens is 275 g/mol. The van der Waals surface area contributed by atoms with Gasteiger partial charge in [-0.05, 0) is 12.1 Å². The van der Waals surface area contributed by atoms with Gasteiger partial charge >= 0.3 is 5.97 Å². The van der Waals surface area contributed by atoms with E-state index in [9.17, 15) is 17.6 Å². The Morgan fingerprint density at radius 2 is 2.16 bits per heavy atom. The van der Waals surface area contributed by atoms with E-state index in [-0.39, 0.29) is 6.54 Å². The van der Waals surface area contributed by atoms with Crippen LogP contribution in [0.25, 0.3) is 0 Å². The maximum absolute atomic E-state index is 13.4. The summed E-state index contributed by atoms with van der Waals surface area (Å²) in [6, 6.07) is 4.66. The van der Waals surface area contributed by atoms with Crippen LogP contribution >= 0.6 is 0 Å². The van der Waals surface area contributed by atoms with Crippen molar-refractivity contribution in [2.75, 3.05) is 13.1 Å². The van der Waals surface area contributed by atoms with Crippen LogP contribution in [0.15, 0.2) is 23.1 Å². The van der Waals surface area contributed by atoms with E-state index in [0.717, 1.165) is 18.2 Å².